The van der Waals surface area contributed by atoms with Crippen LogP contribution in [0.3, 0.4) is 0 Å². The van der Waals surface area contributed by atoms with E-state index in [0.29, 0.717) is 5.69 Å². The van der Waals surface area contributed by atoms with Crippen LogP contribution in [-0.4, -0.2) is 19.9 Å². The van der Waals surface area contributed by atoms with E-state index in [9.17, 15) is 13.2 Å². The molecular weight excluding hydrogens is 312 g/mol. The molecule has 1 aliphatic carbocycles. The minimum atomic E-state index is -3.61. The number of sulfonamides is 1. The van der Waals surface area contributed by atoms with Gasteiger partial charge in [0.15, 0.2) is 0 Å². The molecule has 0 spiro atoms. The molecule has 23 heavy (non-hydrogen) atoms. The number of carbonyl (C=O) groups excluding carboxylic acids is 1. The van der Waals surface area contributed by atoms with Crippen molar-refractivity contribution in [1.29, 1.82) is 0 Å². The molecule has 1 atom stereocenters. The van der Waals surface area contributed by atoms with Crippen molar-refractivity contribution >= 4 is 21.6 Å². The molecule has 0 saturated heterocycles. The molecule has 1 amide bonds. The third-order valence-electron chi connectivity index (χ3n) is 3.49. The van der Waals surface area contributed by atoms with E-state index in [0.717, 1.165) is 19.3 Å². The van der Waals surface area contributed by atoms with E-state index in [4.69, 9.17) is 0 Å². The highest BCUT2D eigenvalue weighted by atomic mass is 32.2. The number of benzene rings is 1. The maximum atomic E-state index is 12.4. The maximum Gasteiger partial charge on any atom is 0.241 e. The number of allylic oxidation sites excluding steroid dienone is 2. The Hall–Kier alpha value is -1.66. The van der Waals surface area contributed by atoms with Crippen LogP contribution in [0.25, 0.3) is 0 Å². The minimum absolute atomic E-state index is 0.0482. The molecule has 1 aromatic carbocycles. The average Bonchev–Trinajstić information content (AvgIpc) is 2.46. The van der Waals surface area contributed by atoms with E-state index in [1.165, 1.54) is 12.1 Å². The summed E-state index contributed by atoms with van der Waals surface area (Å²) in [5, 5.41) is 2.82. The van der Waals surface area contributed by atoms with Gasteiger partial charge in [0.2, 0.25) is 15.9 Å². The Balaban J connectivity index is 2.13. The topological polar surface area (TPSA) is 75.3 Å². The van der Waals surface area contributed by atoms with E-state index in [-0.39, 0.29) is 16.7 Å². The quantitative estimate of drug-likeness (QED) is 0.830. The molecular formula is C17H24N2O3S. The molecule has 0 saturated carbocycles. The molecule has 1 unspecified atom stereocenters. The standard InChI is InChI=1S/C17H24N2O3S/c1-17(2,3)19-23(21,22)15-11-7-10-14(12-15)18-16(20)13-8-5-4-6-9-13/h4-5,7,10-13,19H,6,8-9H2,1-3H3,(H,18,20). The highest BCUT2D eigenvalue weighted by Gasteiger charge is 2.23. The molecule has 1 aliphatic rings. The first-order valence-electron chi connectivity index (χ1n) is 7.77. The zero-order valence-electron chi connectivity index (χ0n) is 13.8. The van der Waals surface area contributed by atoms with Gasteiger partial charge in [0.1, 0.15) is 0 Å². The van der Waals surface area contributed by atoms with Gasteiger partial charge in [-0.15, -0.1) is 0 Å². The third-order valence-corrected chi connectivity index (χ3v) is 5.25. The summed E-state index contributed by atoms with van der Waals surface area (Å²) in [5.74, 6) is -0.111. The van der Waals surface area contributed by atoms with Crippen LogP contribution in [0.4, 0.5) is 5.69 Å². The van der Waals surface area contributed by atoms with Crippen molar-refractivity contribution in [3.8, 4) is 0 Å². The third kappa shape index (κ3) is 5.18. The average molecular weight is 336 g/mol. The first kappa shape index (κ1) is 17.7. The Morgan fingerprint density at radius 3 is 2.57 bits per heavy atom. The van der Waals surface area contributed by atoms with Gasteiger partial charge in [-0.3, -0.25) is 4.79 Å². The number of hydrogen-bond donors (Lipinski definition) is 2. The number of anilines is 1. The molecule has 2 rings (SSSR count). The molecule has 6 heteroatoms. The van der Waals surface area contributed by atoms with Crippen LogP contribution >= 0.6 is 0 Å². The molecule has 0 fully saturated rings. The summed E-state index contributed by atoms with van der Waals surface area (Å²) in [5.41, 5.74) is -0.0617. The first-order valence-corrected chi connectivity index (χ1v) is 9.26. The van der Waals surface area contributed by atoms with Crippen LogP contribution in [0.2, 0.25) is 0 Å². The van der Waals surface area contributed by atoms with Gasteiger partial charge in [0.25, 0.3) is 0 Å². The van der Waals surface area contributed by atoms with Crippen LogP contribution in [0.15, 0.2) is 41.3 Å². The smallest absolute Gasteiger partial charge is 0.241 e. The SMILES string of the molecule is CC(C)(C)NS(=O)(=O)c1cccc(NC(=O)C2CC=CCC2)c1. The monoisotopic (exact) mass is 336 g/mol. The molecule has 0 heterocycles. The van der Waals surface area contributed by atoms with Gasteiger partial charge in [0.05, 0.1) is 4.90 Å². The summed E-state index contributed by atoms with van der Waals surface area (Å²) in [6.45, 7) is 5.35. The Kier molecular flexibility index (Phi) is 5.26. The van der Waals surface area contributed by atoms with Crippen molar-refractivity contribution in [2.24, 2.45) is 5.92 Å². The lowest BCUT2D eigenvalue weighted by Gasteiger charge is -2.21. The Morgan fingerprint density at radius 1 is 1.22 bits per heavy atom. The zero-order valence-corrected chi connectivity index (χ0v) is 14.6. The molecule has 0 aromatic heterocycles. The van der Waals surface area contributed by atoms with Crippen LogP contribution in [-0.2, 0) is 14.8 Å². The lowest BCUT2D eigenvalue weighted by Crippen LogP contribution is -2.40. The van der Waals surface area contributed by atoms with Crippen LogP contribution in [0.5, 0.6) is 0 Å². The number of carbonyl (C=O) groups is 1. The summed E-state index contributed by atoms with van der Waals surface area (Å²) in [6.07, 6.45) is 6.56. The van der Waals surface area contributed by atoms with Crippen molar-refractivity contribution in [3.63, 3.8) is 0 Å². The van der Waals surface area contributed by atoms with Crippen molar-refractivity contribution in [3.05, 3.63) is 36.4 Å². The van der Waals surface area contributed by atoms with Gasteiger partial charge in [0, 0.05) is 17.1 Å². The molecule has 2 N–H and O–H groups in total. The second kappa shape index (κ2) is 6.84. The maximum absolute atomic E-state index is 12.4. The fraction of sp³-hybridized carbons (Fsp3) is 0.471. The van der Waals surface area contributed by atoms with Crippen LogP contribution < -0.4 is 10.0 Å². The van der Waals surface area contributed by atoms with E-state index >= 15 is 0 Å². The van der Waals surface area contributed by atoms with Gasteiger partial charge >= 0.3 is 0 Å². The van der Waals surface area contributed by atoms with Gasteiger partial charge in [-0.1, -0.05) is 18.2 Å². The minimum Gasteiger partial charge on any atom is -0.326 e. The normalized spacial score (nSPS) is 18.7. The Morgan fingerprint density at radius 2 is 1.96 bits per heavy atom. The number of rotatable bonds is 4. The van der Waals surface area contributed by atoms with Crippen LogP contribution in [0, 0.1) is 5.92 Å². The second-order valence-electron chi connectivity index (χ2n) is 6.85. The molecule has 1 aromatic rings. The Bertz CT molecular complexity index is 703. The lowest BCUT2D eigenvalue weighted by molar-refractivity contribution is -0.120. The summed E-state index contributed by atoms with van der Waals surface area (Å²) >= 11 is 0. The van der Waals surface area contributed by atoms with Gasteiger partial charge in [-0.2, -0.15) is 0 Å². The lowest BCUT2D eigenvalue weighted by atomic mass is 9.93. The fourth-order valence-electron chi connectivity index (χ4n) is 2.48. The summed E-state index contributed by atoms with van der Waals surface area (Å²) < 4.78 is 27.3. The zero-order chi connectivity index (χ0) is 17.1. The van der Waals surface area contributed by atoms with Crippen molar-refractivity contribution in [2.75, 3.05) is 5.32 Å². The predicted octanol–water partition coefficient (Wildman–Crippen LogP) is 3.06. The molecule has 5 nitrogen and oxygen atoms in total. The highest BCUT2D eigenvalue weighted by Crippen LogP contribution is 2.22. The number of hydrogen-bond acceptors (Lipinski definition) is 3. The summed E-state index contributed by atoms with van der Waals surface area (Å²) in [4.78, 5) is 12.4. The van der Waals surface area contributed by atoms with E-state index in [2.05, 4.69) is 16.1 Å². The first-order chi connectivity index (χ1) is 10.7. The van der Waals surface area contributed by atoms with Crippen molar-refractivity contribution in [1.82, 2.24) is 4.72 Å². The predicted molar refractivity (Wildman–Crippen MR) is 91.6 cm³/mol. The highest BCUT2D eigenvalue weighted by molar-refractivity contribution is 7.89. The summed E-state index contributed by atoms with van der Waals surface area (Å²) in [7, 11) is -3.61. The second-order valence-corrected chi connectivity index (χ2v) is 8.54. The molecule has 0 bridgehead atoms. The van der Waals surface area contributed by atoms with E-state index in [1.807, 2.05) is 6.08 Å². The number of nitrogens with one attached hydrogen (secondary N) is 2. The Labute approximate surface area is 138 Å². The van der Waals surface area contributed by atoms with Gasteiger partial charge in [-0.25, -0.2) is 13.1 Å². The summed E-state index contributed by atoms with van der Waals surface area (Å²) in [6, 6.07) is 6.35. The van der Waals surface area contributed by atoms with Crippen LogP contribution in [0.1, 0.15) is 40.0 Å². The van der Waals surface area contributed by atoms with Gasteiger partial charge < -0.3 is 5.32 Å². The number of amides is 1. The molecule has 0 aliphatic heterocycles. The van der Waals surface area contributed by atoms with E-state index in [1.54, 1.807) is 32.9 Å². The molecule has 0 radical (unpaired) electrons. The fourth-order valence-corrected chi connectivity index (χ4v) is 3.94. The van der Waals surface area contributed by atoms with E-state index < -0.39 is 15.6 Å². The van der Waals surface area contributed by atoms with Gasteiger partial charge in [-0.05, 0) is 58.2 Å². The van der Waals surface area contributed by atoms with Crippen molar-refractivity contribution < 1.29 is 13.2 Å². The largest absolute Gasteiger partial charge is 0.326 e. The molecule has 126 valence electrons. The van der Waals surface area contributed by atoms with Crippen molar-refractivity contribution in [2.45, 2.75) is 50.5 Å².